The summed E-state index contributed by atoms with van der Waals surface area (Å²) in [4.78, 5) is 13.7. The Morgan fingerprint density at radius 3 is 2.43 bits per heavy atom. The molecule has 0 aliphatic rings. The van der Waals surface area contributed by atoms with Crippen LogP contribution in [0.5, 0.6) is 0 Å². The molecule has 3 aromatic heterocycles. The van der Waals surface area contributed by atoms with Crippen molar-refractivity contribution in [1.29, 1.82) is 0 Å². The molecule has 5 rings (SSSR count). The Kier molecular flexibility index (Phi) is 2.46. The summed E-state index contributed by atoms with van der Waals surface area (Å²) in [5.74, 6) is 0. The van der Waals surface area contributed by atoms with E-state index in [-0.39, 0.29) is 0 Å². The first-order chi connectivity index (χ1) is 11.4. The van der Waals surface area contributed by atoms with Crippen molar-refractivity contribution in [3.63, 3.8) is 0 Å². The van der Waals surface area contributed by atoms with Gasteiger partial charge in [-0.05, 0) is 30.3 Å². The van der Waals surface area contributed by atoms with Crippen LogP contribution in [0.3, 0.4) is 0 Å². The van der Waals surface area contributed by atoms with E-state index in [1.807, 2.05) is 60.7 Å². The second-order valence-electron chi connectivity index (χ2n) is 5.39. The highest BCUT2D eigenvalue weighted by Crippen LogP contribution is 2.29. The normalized spacial score (nSPS) is 11.5. The van der Waals surface area contributed by atoms with E-state index in [9.17, 15) is 0 Å². The SMILES string of the molecule is c1ccc2nc(-c3ccc4c(n3)oc3ccccc34)cnc2c1. The molecule has 0 saturated heterocycles. The van der Waals surface area contributed by atoms with Gasteiger partial charge in [-0.1, -0.05) is 30.3 Å². The summed E-state index contributed by atoms with van der Waals surface area (Å²) in [6.07, 6.45) is 1.75. The summed E-state index contributed by atoms with van der Waals surface area (Å²) in [5.41, 5.74) is 4.70. The second kappa shape index (κ2) is 4.61. The molecule has 0 aliphatic heterocycles. The topological polar surface area (TPSA) is 51.8 Å². The molecule has 0 saturated carbocycles. The van der Waals surface area contributed by atoms with E-state index in [4.69, 9.17) is 4.42 Å². The van der Waals surface area contributed by atoms with Gasteiger partial charge in [0.2, 0.25) is 5.71 Å². The van der Waals surface area contributed by atoms with Crippen LogP contribution in [0.15, 0.2) is 71.3 Å². The number of hydrogen-bond acceptors (Lipinski definition) is 4. The fourth-order valence-corrected chi connectivity index (χ4v) is 2.83. The summed E-state index contributed by atoms with van der Waals surface area (Å²) in [7, 11) is 0. The maximum Gasteiger partial charge on any atom is 0.227 e. The van der Waals surface area contributed by atoms with Gasteiger partial charge in [0.1, 0.15) is 11.3 Å². The Balaban J connectivity index is 1.73. The molecule has 0 aliphatic carbocycles. The Labute approximate surface area is 131 Å². The quantitative estimate of drug-likeness (QED) is 0.454. The average Bonchev–Trinajstić information content (AvgIpc) is 2.99. The number of pyridine rings is 1. The van der Waals surface area contributed by atoms with E-state index in [1.165, 1.54) is 0 Å². The van der Waals surface area contributed by atoms with Gasteiger partial charge in [0.25, 0.3) is 0 Å². The molecule has 0 bridgehead atoms. The van der Waals surface area contributed by atoms with Crippen molar-refractivity contribution in [2.24, 2.45) is 0 Å². The molecular formula is C19H11N3O. The molecule has 23 heavy (non-hydrogen) atoms. The number of hydrogen-bond donors (Lipinski definition) is 0. The van der Waals surface area contributed by atoms with Crippen molar-refractivity contribution in [2.45, 2.75) is 0 Å². The highest BCUT2D eigenvalue weighted by atomic mass is 16.3. The van der Waals surface area contributed by atoms with E-state index < -0.39 is 0 Å². The summed E-state index contributed by atoms with van der Waals surface area (Å²) in [5, 5.41) is 2.09. The first-order valence-electron chi connectivity index (χ1n) is 7.39. The van der Waals surface area contributed by atoms with E-state index in [0.717, 1.165) is 38.8 Å². The predicted octanol–water partition coefficient (Wildman–Crippen LogP) is 4.59. The lowest BCUT2D eigenvalue weighted by Gasteiger charge is -2.01. The number of benzene rings is 2. The first-order valence-corrected chi connectivity index (χ1v) is 7.39. The standard InChI is InChI=1S/C19H11N3O/c1-4-8-18-12(5-1)13-9-10-16(22-19(13)23-18)17-11-20-14-6-2-3-7-15(14)21-17/h1-11H. The van der Waals surface area contributed by atoms with Crippen molar-refractivity contribution < 1.29 is 4.42 Å². The minimum Gasteiger partial charge on any atom is -0.438 e. The van der Waals surface area contributed by atoms with Crippen LogP contribution in [0, 0.1) is 0 Å². The van der Waals surface area contributed by atoms with E-state index >= 15 is 0 Å². The highest BCUT2D eigenvalue weighted by molar-refractivity contribution is 6.03. The van der Waals surface area contributed by atoms with Gasteiger partial charge in [-0.15, -0.1) is 0 Å². The molecule has 0 N–H and O–H groups in total. The Morgan fingerprint density at radius 1 is 0.652 bits per heavy atom. The van der Waals surface area contributed by atoms with Gasteiger partial charge in [-0.3, -0.25) is 4.98 Å². The molecule has 2 aromatic carbocycles. The molecule has 3 heterocycles. The zero-order valence-electron chi connectivity index (χ0n) is 12.1. The van der Waals surface area contributed by atoms with Gasteiger partial charge in [-0.25, -0.2) is 9.97 Å². The van der Waals surface area contributed by atoms with Crippen LogP contribution in [-0.4, -0.2) is 15.0 Å². The van der Waals surface area contributed by atoms with Crippen LogP contribution in [0.25, 0.3) is 44.5 Å². The van der Waals surface area contributed by atoms with Crippen LogP contribution < -0.4 is 0 Å². The third-order valence-electron chi connectivity index (χ3n) is 3.96. The fraction of sp³-hybridized carbons (Fsp3) is 0. The lowest BCUT2D eigenvalue weighted by molar-refractivity contribution is 0.654. The van der Waals surface area contributed by atoms with Crippen molar-refractivity contribution in [2.75, 3.05) is 0 Å². The smallest absolute Gasteiger partial charge is 0.227 e. The van der Waals surface area contributed by atoms with E-state index in [0.29, 0.717) is 5.71 Å². The van der Waals surface area contributed by atoms with Crippen molar-refractivity contribution in [3.05, 3.63) is 66.9 Å². The third kappa shape index (κ3) is 1.89. The monoisotopic (exact) mass is 297 g/mol. The zero-order chi connectivity index (χ0) is 15.2. The molecule has 108 valence electrons. The van der Waals surface area contributed by atoms with Gasteiger partial charge in [0, 0.05) is 10.8 Å². The number of rotatable bonds is 1. The largest absolute Gasteiger partial charge is 0.438 e. The van der Waals surface area contributed by atoms with Crippen molar-refractivity contribution in [3.8, 4) is 11.4 Å². The van der Waals surface area contributed by atoms with Gasteiger partial charge < -0.3 is 4.42 Å². The Bertz CT molecular complexity index is 1180. The summed E-state index contributed by atoms with van der Waals surface area (Å²) >= 11 is 0. The maximum absolute atomic E-state index is 5.84. The molecule has 0 unspecified atom stereocenters. The zero-order valence-corrected chi connectivity index (χ0v) is 12.1. The molecule has 4 nitrogen and oxygen atoms in total. The van der Waals surface area contributed by atoms with E-state index in [1.54, 1.807) is 6.20 Å². The van der Waals surface area contributed by atoms with Crippen LogP contribution in [0.2, 0.25) is 0 Å². The predicted molar refractivity (Wildman–Crippen MR) is 90.0 cm³/mol. The molecule has 4 heteroatoms. The maximum atomic E-state index is 5.84. The van der Waals surface area contributed by atoms with Crippen molar-refractivity contribution >= 4 is 33.1 Å². The Morgan fingerprint density at radius 2 is 1.48 bits per heavy atom. The molecule has 0 radical (unpaired) electrons. The Hall–Kier alpha value is -3.27. The summed E-state index contributed by atoms with van der Waals surface area (Å²) in [6, 6.07) is 19.7. The molecule has 0 spiro atoms. The van der Waals surface area contributed by atoms with Crippen LogP contribution in [0.1, 0.15) is 0 Å². The van der Waals surface area contributed by atoms with Gasteiger partial charge in [0.15, 0.2) is 0 Å². The van der Waals surface area contributed by atoms with Crippen LogP contribution in [-0.2, 0) is 0 Å². The number of furan rings is 1. The van der Waals surface area contributed by atoms with Crippen LogP contribution >= 0.6 is 0 Å². The highest BCUT2D eigenvalue weighted by Gasteiger charge is 2.10. The number of aromatic nitrogens is 3. The lowest BCUT2D eigenvalue weighted by atomic mass is 10.2. The van der Waals surface area contributed by atoms with Gasteiger partial charge in [-0.2, -0.15) is 0 Å². The fourth-order valence-electron chi connectivity index (χ4n) is 2.83. The second-order valence-corrected chi connectivity index (χ2v) is 5.39. The average molecular weight is 297 g/mol. The molecule has 0 fully saturated rings. The van der Waals surface area contributed by atoms with E-state index in [2.05, 4.69) is 15.0 Å². The lowest BCUT2D eigenvalue weighted by Crippen LogP contribution is -1.90. The van der Waals surface area contributed by atoms with Crippen molar-refractivity contribution in [1.82, 2.24) is 15.0 Å². The minimum absolute atomic E-state index is 0.624. The minimum atomic E-state index is 0.624. The van der Waals surface area contributed by atoms with Gasteiger partial charge in [0.05, 0.1) is 22.9 Å². The first kappa shape index (κ1) is 12.3. The molecule has 5 aromatic rings. The number of fused-ring (bicyclic) bond motifs is 4. The molecule has 0 amide bonds. The summed E-state index contributed by atoms with van der Waals surface area (Å²) in [6.45, 7) is 0. The molecule has 0 atom stereocenters. The molecular weight excluding hydrogens is 286 g/mol. The number of para-hydroxylation sites is 3. The third-order valence-corrected chi connectivity index (χ3v) is 3.96. The number of nitrogens with zero attached hydrogens (tertiary/aromatic N) is 3. The summed E-state index contributed by atoms with van der Waals surface area (Å²) < 4.78 is 5.84. The van der Waals surface area contributed by atoms with Gasteiger partial charge >= 0.3 is 0 Å². The van der Waals surface area contributed by atoms with Crippen LogP contribution in [0.4, 0.5) is 0 Å².